The summed E-state index contributed by atoms with van der Waals surface area (Å²) in [5, 5.41) is 2.97. The van der Waals surface area contributed by atoms with Crippen LogP contribution >= 0.6 is 0 Å². The average Bonchev–Trinajstić information content (AvgIpc) is 2.77. The molecular formula is C22H24F3N5O2S. The largest absolute Gasteiger partial charge is 0.416 e. The number of nitrogens with one attached hydrogen (secondary N) is 2. The van der Waals surface area contributed by atoms with E-state index in [2.05, 4.69) is 20.0 Å². The number of nitrogens with zero attached hydrogens (tertiary/aromatic N) is 3. The van der Waals surface area contributed by atoms with Crippen molar-refractivity contribution in [2.24, 2.45) is 0 Å². The van der Waals surface area contributed by atoms with Gasteiger partial charge in [-0.2, -0.15) is 13.2 Å². The summed E-state index contributed by atoms with van der Waals surface area (Å²) in [6.45, 7) is 1.11. The highest BCUT2D eigenvalue weighted by Crippen LogP contribution is 2.30. The molecule has 1 heterocycles. The van der Waals surface area contributed by atoms with Crippen molar-refractivity contribution in [3.05, 3.63) is 66.4 Å². The van der Waals surface area contributed by atoms with Crippen LogP contribution in [0.25, 0.3) is 11.3 Å². The monoisotopic (exact) mass is 479 g/mol. The van der Waals surface area contributed by atoms with E-state index in [0.29, 0.717) is 29.9 Å². The topological polar surface area (TPSA) is 87.2 Å². The molecule has 0 saturated carbocycles. The minimum absolute atomic E-state index is 0.136. The van der Waals surface area contributed by atoms with Crippen molar-refractivity contribution in [3.63, 3.8) is 0 Å². The summed E-state index contributed by atoms with van der Waals surface area (Å²) in [5.41, 5.74) is 0.782. The van der Waals surface area contributed by atoms with Crippen LogP contribution in [0.15, 0.2) is 65.7 Å². The zero-order chi connectivity index (χ0) is 24.1. The van der Waals surface area contributed by atoms with Gasteiger partial charge in [0.25, 0.3) is 0 Å². The van der Waals surface area contributed by atoms with Gasteiger partial charge < -0.3 is 10.2 Å². The molecule has 0 saturated heterocycles. The minimum Gasteiger partial charge on any atom is -0.324 e. The number of alkyl halides is 3. The van der Waals surface area contributed by atoms with Gasteiger partial charge >= 0.3 is 6.18 Å². The van der Waals surface area contributed by atoms with Gasteiger partial charge in [-0.25, -0.2) is 23.1 Å². The third kappa shape index (κ3) is 6.98. The minimum atomic E-state index is -4.40. The molecule has 33 heavy (non-hydrogen) atoms. The first-order valence-corrected chi connectivity index (χ1v) is 11.5. The molecule has 0 fully saturated rings. The van der Waals surface area contributed by atoms with E-state index in [1.54, 1.807) is 18.2 Å². The lowest BCUT2D eigenvalue weighted by molar-refractivity contribution is -0.137. The van der Waals surface area contributed by atoms with Gasteiger partial charge in [0.1, 0.15) is 0 Å². The molecule has 3 aromatic rings. The molecule has 0 radical (unpaired) electrons. The van der Waals surface area contributed by atoms with Crippen LogP contribution in [-0.2, 0) is 16.2 Å². The summed E-state index contributed by atoms with van der Waals surface area (Å²) in [6.07, 6.45) is -2.23. The number of halogens is 3. The third-order valence-electron chi connectivity index (χ3n) is 4.66. The predicted octanol–water partition coefficient (Wildman–Crippen LogP) is 4.14. The number of rotatable bonds is 9. The lowest BCUT2D eigenvalue weighted by Gasteiger charge is -2.11. The molecule has 2 N–H and O–H groups in total. The standard InChI is InChI=1S/C22H24F3N5O2S/c1-30(2)15-3-13-27-33(31,32)19-10-8-18(9-11-19)28-21-26-14-12-20(29-21)16-4-6-17(7-5-16)22(23,24)25/h4-12,14,27H,3,13,15H2,1-2H3,(H,26,28,29). The van der Waals surface area contributed by atoms with Crippen molar-refractivity contribution in [2.75, 3.05) is 32.5 Å². The fourth-order valence-electron chi connectivity index (χ4n) is 2.94. The highest BCUT2D eigenvalue weighted by molar-refractivity contribution is 7.89. The number of hydrogen-bond donors (Lipinski definition) is 2. The SMILES string of the molecule is CN(C)CCCNS(=O)(=O)c1ccc(Nc2nccc(-c3ccc(C(F)(F)F)cc3)n2)cc1. The number of anilines is 2. The molecule has 1 aromatic heterocycles. The van der Waals surface area contributed by atoms with Gasteiger partial charge in [0.15, 0.2) is 0 Å². The zero-order valence-electron chi connectivity index (χ0n) is 18.1. The molecular weight excluding hydrogens is 455 g/mol. The summed E-state index contributed by atoms with van der Waals surface area (Å²) in [7, 11) is 0.227. The van der Waals surface area contributed by atoms with E-state index >= 15 is 0 Å². The van der Waals surface area contributed by atoms with Crippen molar-refractivity contribution in [2.45, 2.75) is 17.5 Å². The quantitative estimate of drug-likeness (QED) is 0.449. The Morgan fingerprint density at radius 2 is 1.64 bits per heavy atom. The van der Waals surface area contributed by atoms with Crippen LogP contribution in [0.4, 0.5) is 24.8 Å². The molecule has 0 spiro atoms. The van der Waals surface area contributed by atoms with E-state index in [0.717, 1.165) is 18.7 Å². The van der Waals surface area contributed by atoms with Gasteiger partial charge in [0.05, 0.1) is 16.2 Å². The lowest BCUT2D eigenvalue weighted by atomic mass is 10.1. The Balaban J connectivity index is 1.67. The number of hydrogen-bond acceptors (Lipinski definition) is 6. The Kier molecular flexibility index (Phi) is 7.67. The number of aromatic nitrogens is 2. The highest BCUT2D eigenvalue weighted by atomic mass is 32.2. The van der Waals surface area contributed by atoms with Gasteiger partial charge in [-0.1, -0.05) is 12.1 Å². The van der Waals surface area contributed by atoms with E-state index in [1.807, 2.05) is 19.0 Å². The maximum absolute atomic E-state index is 12.8. The second-order valence-corrected chi connectivity index (χ2v) is 9.31. The van der Waals surface area contributed by atoms with Crippen LogP contribution in [0.5, 0.6) is 0 Å². The summed E-state index contributed by atoms with van der Waals surface area (Å²) >= 11 is 0. The number of sulfonamides is 1. The normalized spacial score (nSPS) is 12.2. The molecule has 0 aliphatic rings. The first-order chi connectivity index (χ1) is 15.5. The smallest absolute Gasteiger partial charge is 0.324 e. The molecule has 0 unspecified atom stereocenters. The van der Waals surface area contributed by atoms with Crippen LogP contribution in [0.1, 0.15) is 12.0 Å². The summed E-state index contributed by atoms with van der Waals surface area (Å²) in [4.78, 5) is 10.6. The van der Waals surface area contributed by atoms with E-state index in [-0.39, 0.29) is 10.8 Å². The Bertz CT molecular complexity index is 1170. The fraction of sp³-hybridized carbons (Fsp3) is 0.273. The van der Waals surface area contributed by atoms with Crippen molar-refractivity contribution in [3.8, 4) is 11.3 Å². The average molecular weight is 480 g/mol. The second-order valence-electron chi connectivity index (χ2n) is 7.54. The Morgan fingerprint density at radius 1 is 0.970 bits per heavy atom. The summed E-state index contributed by atoms with van der Waals surface area (Å²) < 4.78 is 65.6. The zero-order valence-corrected chi connectivity index (χ0v) is 18.9. The van der Waals surface area contributed by atoms with Crippen LogP contribution < -0.4 is 10.0 Å². The van der Waals surface area contributed by atoms with Crippen LogP contribution in [0.2, 0.25) is 0 Å². The van der Waals surface area contributed by atoms with Gasteiger partial charge in [0.2, 0.25) is 16.0 Å². The Hall–Kier alpha value is -3.02. The molecule has 0 atom stereocenters. The van der Waals surface area contributed by atoms with E-state index < -0.39 is 21.8 Å². The molecule has 0 amide bonds. The first kappa shape index (κ1) is 24.6. The second kappa shape index (κ2) is 10.3. The maximum Gasteiger partial charge on any atom is 0.416 e. The van der Waals surface area contributed by atoms with Gasteiger partial charge in [0, 0.05) is 24.0 Å². The molecule has 2 aromatic carbocycles. The Labute approximate surface area is 190 Å². The molecule has 0 bridgehead atoms. The van der Waals surface area contributed by atoms with Crippen LogP contribution in [0, 0.1) is 0 Å². The molecule has 0 aliphatic carbocycles. The van der Waals surface area contributed by atoms with Crippen molar-refractivity contribution >= 4 is 21.7 Å². The van der Waals surface area contributed by atoms with Gasteiger partial charge in [-0.3, -0.25) is 0 Å². The van der Waals surface area contributed by atoms with Gasteiger partial charge in [-0.05, 0) is 69.5 Å². The van der Waals surface area contributed by atoms with Crippen LogP contribution in [0.3, 0.4) is 0 Å². The third-order valence-corrected chi connectivity index (χ3v) is 6.14. The summed E-state index contributed by atoms with van der Waals surface area (Å²) in [5.74, 6) is 0.227. The summed E-state index contributed by atoms with van der Waals surface area (Å²) in [6, 6.07) is 12.4. The number of benzene rings is 2. The molecule has 176 valence electrons. The lowest BCUT2D eigenvalue weighted by Crippen LogP contribution is -2.27. The van der Waals surface area contributed by atoms with E-state index in [9.17, 15) is 21.6 Å². The van der Waals surface area contributed by atoms with E-state index in [4.69, 9.17) is 0 Å². The Morgan fingerprint density at radius 3 is 2.24 bits per heavy atom. The van der Waals surface area contributed by atoms with Crippen LogP contribution in [-0.4, -0.2) is 50.5 Å². The van der Waals surface area contributed by atoms with Crippen molar-refractivity contribution < 1.29 is 21.6 Å². The highest BCUT2D eigenvalue weighted by Gasteiger charge is 2.30. The fourth-order valence-corrected chi connectivity index (χ4v) is 4.02. The molecule has 11 heteroatoms. The predicted molar refractivity (Wildman–Crippen MR) is 121 cm³/mol. The first-order valence-electron chi connectivity index (χ1n) is 10.1. The maximum atomic E-state index is 12.8. The van der Waals surface area contributed by atoms with Crippen molar-refractivity contribution in [1.82, 2.24) is 19.6 Å². The van der Waals surface area contributed by atoms with Crippen molar-refractivity contribution in [1.29, 1.82) is 0 Å². The molecule has 0 aliphatic heterocycles. The molecule has 3 rings (SSSR count). The van der Waals surface area contributed by atoms with Gasteiger partial charge in [-0.15, -0.1) is 0 Å². The molecule has 7 nitrogen and oxygen atoms in total. The van der Waals surface area contributed by atoms with E-state index in [1.165, 1.54) is 30.5 Å².